The summed E-state index contributed by atoms with van der Waals surface area (Å²) in [7, 11) is 1.77. The predicted octanol–water partition coefficient (Wildman–Crippen LogP) is 1.25. The Kier molecular flexibility index (Phi) is 4.04. The molecule has 0 radical (unpaired) electrons. The Balaban J connectivity index is 2.95. The van der Waals surface area contributed by atoms with Crippen molar-refractivity contribution in [2.45, 2.75) is 32.7 Å². The zero-order chi connectivity index (χ0) is 13.1. The number of aldehydes is 1. The van der Waals surface area contributed by atoms with Gasteiger partial charge in [-0.05, 0) is 20.8 Å². The molecule has 1 aromatic rings. The summed E-state index contributed by atoms with van der Waals surface area (Å²) >= 11 is 0. The predicted molar refractivity (Wildman–Crippen MR) is 64.7 cm³/mol. The zero-order valence-electron chi connectivity index (χ0n) is 10.8. The van der Waals surface area contributed by atoms with E-state index in [4.69, 9.17) is 0 Å². The topological polar surface area (TPSA) is 55.2 Å². The van der Waals surface area contributed by atoms with Gasteiger partial charge < -0.3 is 9.69 Å². The summed E-state index contributed by atoms with van der Waals surface area (Å²) in [4.78, 5) is 24.6. The number of rotatable bonds is 5. The van der Waals surface area contributed by atoms with Crippen LogP contribution in [0.1, 0.15) is 37.6 Å². The Morgan fingerprint density at radius 2 is 2.24 bits per heavy atom. The maximum Gasteiger partial charge on any atom is 0.257 e. The summed E-state index contributed by atoms with van der Waals surface area (Å²) in [5, 5.41) is 3.98. The van der Waals surface area contributed by atoms with Crippen molar-refractivity contribution >= 4 is 12.2 Å². The minimum atomic E-state index is -0.469. The van der Waals surface area contributed by atoms with Crippen LogP contribution in [0.25, 0.3) is 0 Å². The lowest BCUT2D eigenvalue weighted by Crippen LogP contribution is -2.47. The number of carbonyl (C=O) groups is 2. The van der Waals surface area contributed by atoms with E-state index in [2.05, 4.69) is 5.10 Å². The highest BCUT2D eigenvalue weighted by Gasteiger charge is 2.30. The molecule has 0 aliphatic carbocycles. The summed E-state index contributed by atoms with van der Waals surface area (Å²) in [6.07, 6.45) is 4.40. The summed E-state index contributed by atoms with van der Waals surface area (Å²) in [6, 6.07) is 0. The molecule has 17 heavy (non-hydrogen) atoms. The molecule has 0 bridgehead atoms. The summed E-state index contributed by atoms with van der Waals surface area (Å²) in [5.74, 6) is -0.0903. The Labute approximate surface area is 101 Å². The van der Waals surface area contributed by atoms with Gasteiger partial charge in [0.1, 0.15) is 6.29 Å². The summed E-state index contributed by atoms with van der Waals surface area (Å²) in [6.45, 7) is 6.24. The van der Waals surface area contributed by atoms with Crippen LogP contribution >= 0.6 is 0 Å². The molecule has 1 amide bonds. The van der Waals surface area contributed by atoms with Crippen LogP contribution in [0.2, 0.25) is 0 Å². The molecule has 1 aromatic heterocycles. The Bertz CT molecular complexity index is 410. The highest BCUT2D eigenvalue weighted by Crippen LogP contribution is 2.20. The van der Waals surface area contributed by atoms with Crippen molar-refractivity contribution in [2.75, 3.05) is 6.54 Å². The van der Waals surface area contributed by atoms with E-state index in [1.165, 1.54) is 0 Å². The van der Waals surface area contributed by atoms with Crippen LogP contribution in [0.15, 0.2) is 12.4 Å². The molecule has 0 unspecified atom stereocenters. The average Bonchev–Trinajstić information content (AvgIpc) is 2.65. The lowest BCUT2D eigenvalue weighted by atomic mass is 9.98. The van der Waals surface area contributed by atoms with Gasteiger partial charge in [-0.15, -0.1) is 0 Å². The molecule has 0 saturated carbocycles. The van der Waals surface area contributed by atoms with Crippen LogP contribution < -0.4 is 0 Å². The van der Waals surface area contributed by atoms with Gasteiger partial charge in [0.25, 0.3) is 5.91 Å². The molecular formula is C12H19N3O2. The second-order valence-electron chi connectivity index (χ2n) is 4.64. The van der Waals surface area contributed by atoms with E-state index in [0.29, 0.717) is 18.5 Å². The fourth-order valence-corrected chi connectivity index (χ4v) is 1.85. The van der Waals surface area contributed by atoms with Crippen molar-refractivity contribution in [3.63, 3.8) is 0 Å². The zero-order valence-corrected chi connectivity index (χ0v) is 10.8. The highest BCUT2D eigenvalue weighted by molar-refractivity contribution is 5.94. The van der Waals surface area contributed by atoms with Crippen LogP contribution in [-0.4, -0.2) is 39.0 Å². The van der Waals surface area contributed by atoms with E-state index in [1.807, 2.05) is 20.8 Å². The first-order valence-corrected chi connectivity index (χ1v) is 5.66. The van der Waals surface area contributed by atoms with Gasteiger partial charge in [0.15, 0.2) is 0 Å². The Hall–Kier alpha value is -1.65. The van der Waals surface area contributed by atoms with E-state index in [-0.39, 0.29) is 5.91 Å². The average molecular weight is 237 g/mol. The van der Waals surface area contributed by atoms with Gasteiger partial charge in [-0.25, -0.2) is 0 Å². The SMILES string of the molecule is CCN(C(=O)c1cnn(C)c1)C(C)(C)CC=O. The van der Waals surface area contributed by atoms with E-state index in [0.717, 1.165) is 6.29 Å². The van der Waals surface area contributed by atoms with Crippen LogP contribution in [0.5, 0.6) is 0 Å². The molecule has 1 rings (SSSR count). The standard InChI is InChI=1S/C12H19N3O2/c1-5-15(12(2,3)6-7-16)11(17)10-8-13-14(4)9-10/h7-9H,5-6H2,1-4H3. The van der Waals surface area contributed by atoms with Crippen LogP contribution in [-0.2, 0) is 11.8 Å². The second-order valence-corrected chi connectivity index (χ2v) is 4.64. The molecule has 94 valence electrons. The third-order valence-electron chi connectivity index (χ3n) is 2.83. The fourth-order valence-electron chi connectivity index (χ4n) is 1.85. The normalized spacial score (nSPS) is 11.3. The van der Waals surface area contributed by atoms with Gasteiger partial charge in [-0.1, -0.05) is 0 Å². The lowest BCUT2D eigenvalue weighted by molar-refractivity contribution is -0.109. The number of nitrogens with zero attached hydrogens (tertiary/aromatic N) is 3. The molecule has 1 heterocycles. The molecular weight excluding hydrogens is 218 g/mol. The molecule has 0 aromatic carbocycles. The first-order chi connectivity index (χ1) is 7.92. The number of hydrogen-bond acceptors (Lipinski definition) is 3. The smallest absolute Gasteiger partial charge is 0.257 e. The monoisotopic (exact) mass is 237 g/mol. The molecule has 0 fully saturated rings. The number of aryl methyl sites for hydroxylation is 1. The van der Waals surface area contributed by atoms with Crippen molar-refractivity contribution in [1.29, 1.82) is 0 Å². The van der Waals surface area contributed by atoms with Gasteiger partial charge >= 0.3 is 0 Å². The van der Waals surface area contributed by atoms with Gasteiger partial charge in [-0.3, -0.25) is 9.48 Å². The number of amides is 1. The van der Waals surface area contributed by atoms with Gasteiger partial charge in [0.05, 0.1) is 11.8 Å². The van der Waals surface area contributed by atoms with Crippen molar-refractivity contribution in [2.24, 2.45) is 7.05 Å². The van der Waals surface area contributed by atoms with E-state index in [1.54, 1.807) is 29.0 Å². The van der Waals surface area contributed by atoms with Crippen molar-refractivity contribution < 1.29 is 9.59 Å². The molecule has 0 aliphatic rings. The highest BCUT2D eigenvalue weighted by atomic mass is 16.2. The van der Waals surface area contributed by atoms with Crippen molar-refractivity contribution in [1.82, 2.24) is 14.7 Å². The van der Waals surface area contributed by atoms with E-state index in [9.17, 15) is 9.59 Å². The third-order valence-corrected chi connectivity index (χ3v) is 2.83. The number of aromatic nitrogens is 2. The van der Waals surface area contributed by atoms with Gasteiger partial charge in [-0.2, -0.15) is 5.10 Å². The molecule has 0 atom stereocenters. The largest absolute Gasteiger partial charge is 0.333 e. The minimum Gasteiger partial charge on any atom is -0.333 e. The first-order valence-electron chi connectivity index (χ1n) is 5.66. The molecule has 0 aliphatic heterocycles. The fraction of sp³-hybridized carbons (Fsp3) is 0.583. The Morgan fingerprint density at radius 1 is 1.59 bits per heavy atom. The maximum absolute atomic E-state index is 12.3. The van der Waals surface area contributed by atoms with Gasteiger partial charge in [0, 0.05) is 31.7 Å². The van der Waals surface area contributed by atoms with Crippen LogP contribution in [0.3, 0.4) is 0 Å². The third kappa shape index (κ3) is 2.93. The van der Waals surface area contributed by atoms with E-state index >= 15 is 0 Å². The summed E-state index contributed by atoms with van der Waals surface area (Å²) in [5.41, 5.74) is 0.0805. The molecule has 0 N–H and O–H groups in total. The van der Waals surface area contributed by atoms with Crippen LogP contribution in [0, 0.1) is 0 Å². The molecule has 0 saturated heterocycles. The van der Waals surface area contributed by atoms with Gasteiger partial charge in [0.2, 0.25) is 0 Å². The lowest BCUT2D eigenvalue weighted by Gasteiger charge is -2.36. The quantitative estimate of drug-likeness (QED) is 0.724. The Morgan fingerprint density at radius 3 is 2.65 bits per heavy atom. The number of hydrogen-bond donors (Lipinski definition) is 0. The first kappa shape index (κ1) is 13.4. The van der Waals surface area contributed by atoms with Crippen molar-refractivity contribution in [3.05, 3.63) is 18.0 Å². The van der Waals surface area contributed by atoms with Crippen molar-refractivity contribution in [3.8, 4) is 0 Å². The molecule has 5 heteroatoms. The summed E-state index contributed by atoms with van der Waals surface area (Å²) < 4.78 is 1.59. The molecule has 0 spiro atoms. The minimum absolute atomic E-state index is 0.0903. The number of carbonyl (C=O) groups excluding carboxylic acids is 2. The van der Waals surface area contributed by atoms with E-state index < -0.39 is 5.54 Å². The molecule has 5 nitrogen and oxygen atoms in total. The van der Waals surface area contributed by atoms with Crippen LogP contribution in [0.4, 0.5) is 0 Å². The maximum atomic E-state index is 12.3. The second kappa shape index (κ2) is 5.12.